The summed E-state index contributed by atoms with van der Waals surface area (Å²) in [5.74, 6) is 0.961. The highest BCUT2D eigenvalue weighted by Crippen LogP contribution is 2.27. The van der Waals surface area contributed by atoms with E-state index in [0.717, 1.165) is 32.0 Å². The van der Waals surface area contributed by atoms with Gasteiger partial charge in [0.1, 0.15) is 0 Å². The van der Waals surface area contributed by atoms with Crippen LogP contribution in [-0.4, -0.2) is 43.8 Å². The first-order chi connectivity index (χ1) is 7.80. The SMILES string of the molecule is CCOC(CN)CCN(CC)CC1CCC1. The van der Waals surface area contributed by atoms with E-state index in [4.69, 9.17) is 10.5 Å². The third kappa shape index (κ3) is 4.81. The van der Waals surface area contributed by atoms with Crippen LogP contribution in [0.2, 0.25) is 0 Å². The Balaban J connectivity index is 2.15. The van der Waals surface area contributed by atoms with Gasteiger partial charge in [-0.2, -0.15) is 0 Å². The van der Waals surface area contributed by atoms with Gasteiger partial charge in [-0.1, -0.05) is 13.3 Å². The molecule has 0 spiro atoms. The normalized spacial score (nSPS) is 18.8. The van der Waals surface area contributed by atoms with E-state index in [1.54, 1.807) is 0 Å². The summed E-state index contributed by atoms with van der Waals surface area (Å²) in [7, 11) is 0. The van der Waals surface area contributed by atoms with Crippen molar-refractivity contribution in [2.24, 2.45) is 11.7 Å². The van der Waals surface area contributed by atoms with Crippen LogP contribution in [0.4, 0.5) is 0 Å². The summed E-state index contributed by atoms with van der Waals surface area (Å²) >= 11 is 0. The molecule has 1 atom stereocenters. The van der Waals surface area contributed by atoms with E-state index < -0.39 is 0 Å². The number of rotatable bonds is 9. The number of nitrogens with two attached hydrogens (primary N) is 1. The highest BCUT2D eigenvalue weighted by molar-refractivity contribution is 4.74. The van der Waals surface area contributed by atoms with Gasteiger partial charge in [0.15, 0.2) is 0 Å². The maximum absolute atomic E-state index is 5.68. The van der Waals surface area contributed by atoms with Gasteiger partial charge in [0.2, 0.25) is 0 Å². The molecule has 1 aliphatic carbocycles. The van der Waals surface area contributed by atoms with Crippen LogP contribution in [0.1, 0.15) is 39.5 Å². The average Bonchev–Trinajstić information content (AvgIpc) is 2.25. The number of ether oxygens (including phenoxy) is 1. The maximum Gasteiger partial charge on any atom is 0.0709 e. The fourth-order valence-corrected chi connectivity index (χ4v) is 2.25. The quantitative estimate of drug-likeness (QED) is 0.654. The molecule has 3 heteroatoms. The topological polar surface area (TPSA) is 38.5 Å². The van der Waals surface area contributed by atoms with E-state index in [1.807, 2.05) is 6.92 Å². The lowest BCUT2D eigenvalue weighted by Gasteiger charge is -2.32. The van der Waals surface area contributed by atoms with Crippen LogP contribution < -0.4 is 5.73 Å². The molecule has 0 aromatic heterocycles. The van der Waals surface area contributed by atoms with Crippen LogP contribution in [0.15, 0.2) is 0 Å². The van der Waals surface area contributed by atoms with Crippen LogP contribution in [-0.2, 0) is 4.74 Å². The highest BCUT2D eigenvalue weighted by atomic mass is 16.5. The molecule has 0 aromatic carbocycles. The lowest BCUT2D eigenvalue weighted by Crippen LogP contribution is -2.36. The van der Waals surface area contributed by atoms with Crippen LogP contribution >= 0.6 is 0 Å². The molecule has 0 amide bonds. The molecular formula is C13H28N2O. The third-order valence-corrected chi connectivity index (χ3v) is 3.62. The second-order valence-electron chi connectivity index (χ2n) is 4.79. The Bertz CT molecular complexity index is 171. The zero-order chi connectivity index (χ0) is 11.8. The fraction of sp³-hybridized carbons (Fsp3) is 1.00. The van der Waals surface area contributed by atoms with Crippen LogP contribution in [0.5, 0.6) is 0 Å². The molecule has 0 saturated heterocycles. The predicted molar refractivity (Wildman–Crippen MR) is 68.5 cm³/mol. The van der Waals surface area contributed by atoms with Gasteiger partial charge in [-0.15, -0.1) is 0 Å². The van der Waals surface area contributed by atoms with Crippen LogP contribution in [0, 0.1) is 5.92 Å². The van der Waals surface area contributed by atoms with Gasteiger partial charge in [-0.3, -0.25) is 0 Å². The van der Waals surface area contributed by atoms with Crippen molar-refractivity contribution in [2.45, 2.75) is 45.6 Å². The second-order valence-corrected chi connectivity index (χ2v) is 4.79. The average molecular weight is 228 g/mol. The van der Waals surface area contributed by atoms with Gasteiger partial charge >= 0.3 is 0 Å². The minimum atomic E-state index is 0.250. The summed E-state index contributed by atoms with van der Waals surface area (Å²) in [5.41, 5.74) is 5.68. The Morgan fingerprint density at radius 2 is 2.12 bits per heavy atom. The van der Waals surface area contributed by atoms with E-state index in [2.05, 4.69) is 11.8 Å². The molecule has 1 aliphatic rings. The Labute approximate surface area is 100 Å². The van der Waals surface area contributed by atoms with Crippen molar-refractivity contribution in [3.05, 3.63) is 0 Å². The molecular weight excluding hydrogens is 200 g/mol. The zero-order valence-corrected chi connectivity index (χ0v) is 11.0. The smallest absolute Gasteiger partial charge is 0.0709 e. The highest BCUT2D eigenvalue weighted by Gasteiger charge is 2.20. The number of hydrogen-bond acceptors (Lipinski definition) is 3. The van der Waals surface area contributed by atoms with Crippen molar-refractivity contribution >= 4 is 0 Å². The van der Waals surface area contributed by atoms with Gasteiger partial charge in [0.25, 0.3) is 0 Å². The van der Waals surface area contributed by atoms with Gasteiger partial charge in [0, 0.05) is 26.2 Å². The number of hydrogen-bond donors (Lipinski definition) is 1. The molecule has 0 radical (unpaired) electrons. The van der Waals surface area contributed by atoms with Crippen molar-refractivity contribution in [3.63, 3.8) is 0 Å². The van der Waals surface area contributed by atoms with E-state index in [-0.39, 0.29) is 6.10 Å². The lowest BCUT2D eigenvalue weighted by atomic mass is 9.85. The summed E-state index contributed by atoms with van der Waals surface area (Å²) in [6.07, 6.45) is 5.63. The van der Waals surface area contributed by atoms with E-state index in [9.17, 15) is 0 Å². The van der Waals surface area contributed by atoms with Crippen molar-refractivity contribution < 1.29 is 4.74 Å². The molecule has 1 saturated carbocycles. The molecule has 0 aromatic rings. The van der Waals surface area contributed by atoms with Crippen molar-refractivity contribution in [1.82, 2.24) is 4.90 Å². The first kappa shape index (κ1) is 13.9. The molecule has 16 heavy (non-hydrogen) atoms. The molecule has 96 valence electrons. The molecule has 0 bridgehead atoms. The molecule has 0 aliphatic heterocycles. The Kier molecular flexibility index (Phi) is 7.01. The van der Waals surface area contributed by atoms with Crippen LogP contribution in [0.3, 0.4) is 0 Å². The summed E-state index contributed by atoms with van der Waals surface area (Å²) in [5, 5.41) is 0. The van der Waals surface area contributed by atoms with E-state index in [0.29, 0.717) is 6.54 Å². The summed E-state index contributed by atoms with van der Waals surface area (Å²) in [4.78, 5) is 2.55. The van der Waals surface area contributed by atoms with Crippen LogP contribution in [0.25, 0.3) is 0 Å². The molecule has 0 heterocycles. The Hall–Kier alpha value is -0.120. The monoisotopic (exact) mass is 228 g/mol. The van der Waals surface area contributed by atoms with Gasteiger partial charge < -0.3 is 15.4 Å². The Morgan fingerprint density at radius 1 is 1.38 bits per heavy atom. The molecule has 2 N–H and O–H groups in total. The molecule has 3 nitrogen and oxygen atoms in total. The molecule has 1 rings (SSSR count). The summed E-state index contributed by atoms with van der Waals surface area (Å²) in [6, 6.07) is 0. The van der Waals surface area contributed by atoms with Crippen molar-refractivity contribution in [2.75, 3.05) is 32.8 Å². The van der Waals surface area contributed by atoms with Gasteiger partial charge in [-0.25, -0.2) is 0 Å². The first-order valence-corrected chi connectivity index (χ1v) is 6.84. The van der Waals surface area contributed by atoms with E-state index in [1.165, 1.54) is 25.8 Å². The Morgan fingerprint density at radius 3 is 2.56 bits per heavy atom. The standard InChI is InChI=1S/C13H28N2O/c1-3-15(11-12-6-5-7-12)9-8-13(10-14)16-4-2/h12-13H,3-11,14H2,1-2H3. The summed E-state index contributed by atoms with van der Waals surface area (Å²) < 4.78 is 5.58. The van der Waals surface area contributed by atoms with Gasteiger partial charge in [-0.05, 0) is 38.6 Å². The lowest BCUT2D eigenvalue weighted by molar-refractivity contribution is 0.0516. The maximum atomic E-state index is 5.68. The molecule has 1 fully saturated rings. The second kappa shape index (κ2) is 8.04. The number of nitrogens with zero attached hydrogens (tertiary/aromatic N) is 1. The van der Waals surface area contributed by atoms with Crippen molar-refractivity contribution in [1.29, 1.82) is 0 Å². The predicted octanol–water partition coefficient (Wildman–Crippen LogP) is 1.86. The van der Waals surface area contributed by atoms with Crippen molar-refractivity contribution in [3.8, 4) is 0 Å². The summed E-state index contributed by atoms with van der Waals surface area (Å²) in [6.45, 7) is 9.27. The first-order valence-electron chi connectivity index (χ1n) is 6.84. The third-order valence-electron chi connectivity index (χ3n) is 3.62. The minimum Gasteiger partial charge on any atom is -0.377 e. The largest absolute Gasteiger partial charge is 0.377 e. The van der Waals surface area contributed by atoms with E-state index >= 15 is 0 Å². The molecule has 1 unspecified atom stereocenters. The van der Waals surface area contributed by atoms with Gasteiger partial charge in [0.05, 0.1) is 6.10 Å². The minimum absolute atomic E-state index is 0.250. The zero-order valence-electron chi connectivity index (χ0n) is 11.0. The fourth-order valence-electron chi connectivity index (χ4n) is 2.25.